The number of esters is 2. The second kappa shape index (κ2) is 30.6. The molecule has 0 aliphatic carbocycles. The van der Waals surface area contributed by atoms with Crippen LogP contribution < -0.4 is 10.6 Å². The Morgan fingerprint density at radius 3 is 1.29 bits per heavy atom. The van der Waals surface area contributed by atoms with E-state index in [1.165, 1.54) is 34.0 Å². The van der Waals surface area contributed by atoms with Gasteiger partial charge in [0.2, 0.25) is 29.9 Å². The normalized spacial score (nSPS) is 11.5. The van der Waals surface area contributed by atoms with Crippen molar-refractivity contribution in [3.63, 3.8) is 0 Å². The summed E-state index contributed by atoms with van der Waals surface area (Å²) in [5.74, 6) is 4.44. The lowest BCUT2D eigenvalue weighted by Crippen LogP contribution is -2.20. The number of aromatic amines is 3. The maximum Gasteiger partial charge on any atom is 0.396 e. The number of aromatic nitrogens is 18. The van der Waals surface area contributed by atoms with Crippen molar-refractivity contribution in [3.05, 3.63) is 89.5 Å². The van der Waals surface area contributed by atoms with Crippen molar-refractivity contribution in [1.82, 2.24) is 102 Å². The minimum absolute atomic E-state index is 0.00687. The van der Waals surface area contributed by atoms with Crippen molar-refractivity contribution < 1.29 is 46.6 Å². The molecule has 30 heteroatoms. The number of nitrogens with one attached hydrogen (secondary N) is 5. The molecule has 7 aromatic rings. The van der Waals surface area contributed by atoms with Crippen molar-refractivity contribution in [1.29, 1.82) is 0 Å². The van der Waals surface area contributed by atoms with Gasteiger partial charge in [-0.2, -0.15) is 5.10 Å². The summed E-state index contributed by atoms with van der Waals surface area (Å²) in [6.45, 7) is 45.9. The van der Waals surface area contributed by atoms with Crippen LogP contribution in [0.4, 0.5) is 0 Å². The predicted octanol–water partition coefficient (Wildman–Crippen LogP) is 7.43. The van der Waals surface area contributed by atoms with Gasteiger partial charge in [-0.05, 0) is 0 Å². The highest BCUT2D eigenvalue weighted by molar-refractivity contribution is 5.90. The molecular formula is C54H90N20O10. The van der Waals surface area contributed by atoms with Gasteiger partial charge in [0.05, 0.1) is 21.3 Å². The Bertz CT molecular complexity index is 2800. The standard InChI is InChI=1S/C10H17N3O.C8H14N4O.2C8H13N3O2.C8H12N2O3.C6H11N3.C6H10N2O/c1-7(14-6)8-11-12-9(13(8)5)10(2,3)4;1-8(2,3)7-10-5(11-12-7)6(13)9-4;1-8(2,3)7-9-5(10-11-7)6(12)13-4;1-8(2,3)7-11-10-6(13-7)5(12)9-4;1-8(2,3)7-10-9-5(13-7)6(11)12-4;1-6(2,3)5-7-4-8-9-5;1-6(2,3)5-8-7-4-9-5/h1H2,2-6H3;1-4H3,(H,9,13)(H,10,11,12);1-4H3,(H,9,10,11);1-4H3,(H,9,12);1-4H3;4H,1-3H3,(H,7,8,9);4H,1-3H3. The number of H-pyrrole nitrogens is 3. The van der Waals surface area contributed by atoms with Crippen molar-refractivity contribution >= 4 is 29.5 Å². The molecule has 0 radical (unpaired) electrons. The third kappa shape index (κ3) is 24.1. The molecule has 0 atom stereocenters. The topological polar surface area (TPSA) is 392 Å². The molecule has 0 unspecified atom stereocenters. The predicted molar refractivity (Wildman–Crippen MR) is 309 cm³/mol. The number of rotatable bonds is 6. The summed E-state index contributed by atoms with van der Waals surface area (Å²) in [4.78, 5) is 56.2. The van der Waals surface area contributed by atoms with Gasteiger partial charge >= 0.3 is 29.6 Å². The van der Waals surface area contributed by atoms with Gasteiger partial charge in [0, 0.05) is 59.0 Å². The molecule has 7 aromatic heterocycles. The highest BCUT2D eigenvalue weighted by atomic mass is 16.5. The van der Waals surface area contributed by atoms with Crippen molar-refractivity contribution in [2.45, 2.75) is 183 Å². The fraction of sp³-hybridized carbons (Fsp3) is 0.630. The van der Waals surface area contributed by atoms with Crippen molar-refractivity contribution in [3.8, 4) is 0 Å². The molecule has 30 nitrogen and oxygen atoms in total. The Morgan fingerprint density at radius 1 is 0.512 bits per heavy atom. The van der Waals surface area contributed by atoms with Crippen LogP contribution in [0.2, 0.25) is 0 Å². The van der Waals surface area contributed by atoms with Crippen LogP contribution in [0.5, 0.6) is 0 Å². The minimum atomic E-state index is -0.608. The minimum Gasteiger partial charge on any atom is -0.493 e. The quantitative estimate of drug-likeness (QED) is 0.0797. The van der Waals surface area contributed by atoms with Crippen LogP contribution in [0.25, 0.3) is 5.76 Å². The summed E-state index contributed by atoms with van der Waals surface area (Å²) >= 11 is 0. The molecule has 0 aromatic carbocycles. The Balaban J connectivity index is 0.000000492. The summed E-state index contributed by atoms with van der Waals surface area (Å²) in [6, 6.07) is 0. The lowest BCUT2D eigenvalue weighted by Gasteiger charge is -2.17. The molecule has 0 aliphatic heterocycles. The number of amides is 2. The van der Waals surface area contributed by atoms with E-state index >= 15 is 0 Å². The number of hydrogen-bond donors (Lipinski definition) is 5. The lowest BCUT2D eigenvalue weighted by molar-refractivity contribution is 0.0550. The molecule has 84 heavy (non-hydrogen) atoms. The van der Waals surface area contributed by atoms with Gasteiger partial charge < -0.3 is 42.7 Å². The molecule has 0 saturated carbocycles. The highest BCUT2D eigenvalue weighted by Gasteiger charge is 2.27. The molecule has 2 amide bonds. The Labute approximate surface area is 491 Å². The van der Waals surface area contributed by atoms with Crippen LogP contribution in [0, 0.1) is 0 Å². The number of methoxy groups -OCH3 is 3. The fourth-order valence-electron chi connectivity index (χ4n) is 5.39. The lowest BCUT2D eigenvalue weighted by atomic mass is 9.96. The van der Waals surface area contributed by atoms with Crippen LogP contribution in [0.1, 0.15) is 235 Å². The maximum atomic E-state index is 11.1. The smallest absolute Gasteiger partial charge is 0.396 e. The third-order valence-corrected chi connectivity index (χ3v) is 10.3. The molecule has 7 rings (SSSR count). The van der Waals surface area contributed by atoms with Crippen molar-refractivity contribution in [2.24, 2.45) is 7.05 Å². The van der Waals surface area contributed by atoms with E-state index in [0.717, 1.165) is 11.6 Å². The first-order chi connectivity index (χ1) is 38.4. The van der Waals surface area contributed by atoms with Crippen LogP contribution in [0.3, 0.4) is 0 Å². The monoisotopic (exact) mass is 1180 g/mol. The second-order valence-electron chi connectivity index (χ2n) is 25.3. The first kappa shape index (κ1) is 73.4. The van der Waals surface area contributed by atoms with Crippen LogP contribution in [-0.4, -0.2) is 150 Å². The maximum absolute atomic E-state index is 11.1. The van der Waals surface area contributed by atoms with E-state index in [4.69, 9.17) is 18.0 Å². The largest absolute Gasteiger partial charge is 0.493 e. The molecule has 0 spiro atoms. The van der Waals surface area contributed by atoms with Crippen LogP contribution >= 0.6 is 0 Å². The Kier molecular flexibility index (Phi) is 26.8. The van der Waals surface area contributed by atoms with Gasteiger partial charge in [-0.15, -0.1) is 51.0 Å². The van der Waals surface area contributed by atoms with Gasteiger partial charge in [0.25, 0.3) is 11.7 Å². The summed E-state index contributed by atoms with van der Waals surface area (Å²) < 4.78 is 31.1. The zero-order chi connectivity index (χ0) is 65.0. The van der Waals surface area contributed by atoms with Crippen LogP contribution in [-0.2, 0) is 59.2 Å². The van der Waals surface area contributed by atoms with E-state index < -0.39 is 11.9 Å². The van der Waals surface area contributed by atoms with Crippen LogP contribution in [0.15, 0.2) is 32.6 Å². The van der Waals surface area contributed by atoms with Gasteiger partial charge in [-0.3, -0.25) is 24.9 Å². The van der Waals surface area contributed by atoms with E-state index in [1.807, 2.05) is 115 Å². The Morgan fingerprint density at radius 2 is 0.964 bits per heavy atom. The van der Waals surface area contributed by atoms with Gasteiger partial charge in [0.15, 0.2) is 11.6 Å². The number of ether oxygens (including phenoxy) is 3. The number of carbonyl (C=O) groups is 4. The SMILES string of the molecule is C=C(OC)c1nnc(C(C)(C)C)n1C.CC(C)(C)c1ncn[nH]1.CC(C)(C)c1nnco1.CNC(=O)c1n[nH]c(C(C)(C)C)n1.CNC(=O)c1nnc(C(C)(C)C)o1.COC(=O)c1n[nH]c(C(C)(C)C)n1.COC(=O)c1nnc(C(C)(C)C)o1. The molecular weight excluding hydrogens is 1090 g/mol. The first-order valence-electron chi connectivity index (χ1n) is 26.3. The molecule has 0 saturated heterocycles. The summed E-state index contributed by atoms with van der Waals surface area (Å²) in [5, 5.41) is 54.6. The third-order valence-electron chi connectivity index (χ3n) is 10.3. The van der Waals surface area contributed by atoms with E-state index in [-0.39, 0.29) is 73.1 Å². The zero-order valence-corrected chi connectivity index (χ0v) is 54.2. The highest BCUT2D eigenvalue weighted by Crippen LogP contribution is 2.24. The fourth-order valence-corrected chi connectivity index (χ4v) is 5.39. The van der Waals surface area contributed by atoms with Gasteiger partial charge in [0.1, 0.15) is 29.6 Å². The summed E-state index contributed by atoms with van der Waals surface area (Å²) in [5.41, 5.74) is -0.669. The van der Waals surface area contributed by atoms with E-state index in [0.29, 0.717) is 40.9 Å². The first-order valence-corrected chi connectivity index (χ1v) is 26.3. The van der Waals surface area contributed by atoms with Gasteiger partial charge in [-0.1, -0.05) is 152 Å². The Hall–Kier alpha value is -8.60. The van der Waals surface area contributed by atoms with E-state index in [9.17, 15) is 19.2 Å². The van der Waals surface area contributed by atoms with E-state index in [2.05, 4.69) is 155 Å². The molecule has 5 N–H and O–H groups in total. The number of nitrogens with zero attached hydrogens (tertiary/aromatic N) is 15. The summed E-state index contributed by atoms with van der Waals surface area (Å²) in [6.07, 6.45) is 2.88. The molecule has 0 fully saturated rings. The molecule has 0 aliphatic rings. The van der Waals surface area contributed by atoms with Gasteiger partial charge in [-0.25, -0.2) is 24.5 Å². The summed E-state index contributed by atoms with van der Waals surface area (Å²) in [7, 11) is 9.13. The average Bonchev–Trinajstić information content (AvgIpc) is 4.45. The molecule has 466 valence electrons. The van der Waals surface area contributed by atoms with Crippen molar-refractivity contribution in [2.75, 3.05) is 35.4 Å². The van der Waals surface area contributed by atoms with E-state index in [1.54, 1.807) is 14.2 Å². The molecule has 7 heterocycles. The zero-order valence-electron chi connectivity index (χ0n) is 54.2. The second-order valence-corrected chi connectivity index (χ2v) is 25.3. The number of carbonyl (C=O) groups excluding carboxylic acids is 4. The number of hydrogen-bond acceptors (Lipinski definition) is 24. The average molecular weight is 1180 g/mol. The molecule has 0 bridgehead atoms.